The van der Waals surface area contributed by atoms with Crippen molar-refractivity contribution >= 4 is 27.7 Å². The van der Waals surface area contributed by atoms with Gasteiger partial charge >= 0.3 is 21.6 Å². The minimum absolute atomic E-state index is 0.104. The summed E-state index contributed by atoms with van der Waals surface area (Å²) in [6, 6.07) is 13.5. The SMILES string of the molecule is CC(OC(=O)Cc1ccncc1-c1ccc(OS(=O)(=O)C(F)(F)F)cc1)c1ccccc1Cl. The van der Waals surface area contributed by atoms with Crippen LogP contribution in [0.3, 0.4) is 0 Å². The van der Waals surface area contributed by atoms with Crippen LogP contribution in [0, 0.1) is 0 Å². The van der Waals surface area contributed by atoms with Crippen LogP contribution in [0.2, 0.25) is 5.02 Å². The van der Waals surface area contributed by atoms with Gasteiger partial charge in [0, 0.05) is 28.5 Å². The van der Waals surface area contributed by atoms with E-state index in [9.17, 15) is 26.4 Å². The van der Waals surface area contributed by atoms with E-state index < -0.39 is 33.4 Å². The predicted octanol–water partition coefficient (Wildman–Crippen LogP) is 5.48. The first-order valence-electron chi connectivity index (χ1n) is 9.46. The Morgan fingerprint density at radius 2 is 1.76 bits per heavy atom. The summed E-state index contributed by atoms with van der Waals surface area (Å²) >= 11 is 6.14. The minimum Gasteiger partial charge on any atom is -0.457 e. The Morgan fingerprint density at radius 3 is 2.39 bits per heavy atom. The van der Waals surface area contributed by atoms with E-state index in [4.69, 9.17) is 16.3 Å². The Labute approximate surface area is 193 Å². The molecule has 0 aliphatic carbocycles. The molecule has 3 aromatic rings. The summed E-state index contributed by atoms with van der Waals surface area (Å²) in [7, 11) is -5.77. The third-order valence-corrected chi connectivity index (χ3v) is 5.88. The summed E-state index contributed by atoms with van der Waals surface area (Å²) in [6.07, 6.45) is 2.27. The maximum atomic E-state index is 12.5. The first kappa shape index (κ1) is 24.5. The molecular formula is C22H17ClF3NO5S. The molecule has 1 atom stereocenters. The molecule has 0 bridgehead atoms. The molecule has 11 heteroatoms. The molecule has 174 valence electrons. The Balaban J connectivity index is 1.75. The van der Waals surface area contributed by atoms with Crippen molar-refractivity contribution in [1.29, 1.82) is 0 Å². The number of carbonyl (C=O) groups is 1. The van der Waals surface area contributed by atoms with Crippen LogP contribution in [0.15, 0.2) is 67.0 Å². The zero-order valence-corrected chi connectivity index (χ0v) is 18.6. The highest BCUT2D eigenvalue weighted by molar-refractivity contribution is 7.88. The van der Waals surface area contributed by atoms with Crippen molar-refractivity contribution in [3.05, 3.63) is 83.1 Å². The van der Waals surface area contributed by atoms with Crippen molar-refractivity contribution in [1.82, 2.24) is 4.98 Å². The van der Waals surface area contributed by atoms with Gasteiger partial charge in [-0.15, -0.1) is 0 Å². The average molecular weight is 500 g/mol. The van der Waals surface area contributed by atoms with Crippen molar-refractivity contribution in [2.75, 3.05) is 0 Å². The van der Waals surface area contributed by atoms with Crippen LogP contribution in [0.5, 0.6) is 5.75 Å². The number of hydrogen-bond donors (Lipinski definition) is 0. The number of rotatable bonds is 7. The second kappa shape index (κ2) is 9.80. The highest BCUT2D eigenvalue weighted by atomic mass is 35.5. The fourth-order valence-corrected chi connectivity index (χ4v) is 3.71. The minimum atomic E-state index is -5.77. The number of benzene rings is 2. The lowest BCUT2D eigenvalue weighted by molar-refractivity contribution is -0.147. The van der Waals surface area contributed by atoms with Crippen LogP contribution in [-0.4, -0.2) is 24.9 Å². The van der Waals surface area contributed by atoms with Gasteiger partial charge in [-0.25, -0.2) is 0 Å². The molecule has 1 heterocycles. The highest BCUT2D eigenvalue weighted by Crippen LogP contribution is 2.30. The number of ether oxygens (including phenoxy) is 1. The molecule has 0 spiro atoms. The van der Waals surface area contributed by atoms with Crippen molar-refractivity contribution in [3.63, 3.8) is 0 Å². The number of alkyl halides is 3. The third kappa shape index (κ3) is 6.02. The van der Waals surface area contributed by atoms with Gasteiger partial charge in [0.1, 0.15) is 11.9 Å². The number of esters is 1. The van der Waals surface area contributed by atoms with Gasteiger partial charge in [-0.3, -0.25) is 9.78 Å². The molecular weight excluding hydrogens is 483 g/mol. The average Bonchev–Trinajstić information content (AvgIpc) is 2.74. The quantitative estimate of drug-likeness (QED) is 0.243. The largest absolute Gasteiger partial charge is 0.534 e. The van der Waals surface area contributed by atoms with Crippen molar-refractivity contribution in [2.24, 2.45) is 0 Å². The van der Waals surface area contributed by atoms with Gasteiger partial charge in [-0.05, 0) is 42.3 Å². The summed E-state index contributed by atoms with van der Waals surface area (Å²) in [4.78, 5) is 16.5. The first-order chi connectivity index (χ1) is 15.5. The second-order valence-electron chi connectivity index (χ2n) is 6.87. The number of halogens is 4. The normalized spacial score (nSPS) is 12.8. The predicted molar refractivity (Wildman–Crippen MR) is 115 cm³/mol. The standard InChI is InChI=1S/C22H17ClF3NO5S/c1-14(18-4-2-3-5-20(18)23)31-21(28)12-16-10-11-27-13-19(16)15-6-8-17(9-7-15)32-33(29,30)22(24,25)26/h2-11,13-14H,12H2,1H3. The van der Waals surface area contributed by atoms with Crippen LogP contribution in [0.25, 0.3) is 11.1 Å². The van der Waals surface area contributed by atoms with E-state index in [2.05, 4.69) is 9.17 Å². The van der Waals surface area contributed by atoms with Crippen LogP contribution in [0.4, 0.5) is 13.2 Å². The van der Waals surface area contributed by atoms with Gasteiger partial charge in [0.25, 0.3) is 0 Å². The fourth-order valence-electron chi connectivity index (χ4n) is 2.96. The van der Waals surface area contributed by atoms with Crippen molar-refractivity contribution < 1.29 is 35.3 Å². The lowest BCUT2D eigenvalue weighted by atomic mass is 10.00. The molecule has 3 rings (SSSR count). The molecule has 2 aromatic carbocycles. The molecule has 0 saturated carbocycles. The molecule has 0 aliphatic rings. The zero-order chi connectivity index (χ0) is 24.2. The van der Waals surface area contributed by atoms with E-state index in [0.717, 1.165) is 12.1 Å². The van der Waals surface area contributed by atoms with Crippen molar-refractivity contribution in [2.45, 2.75) is 25.0 Å². The van der Waals surface area contributed by atoms with Crippen LogP contribution >= 0.6 is 11.6 Å². The Kier molecular flexibility index (Phi) is 7.28. The molecule has 0 radical (unpaired) electrons. The summed E-state index contributed by atoms with van der Waals surface area (Å²) in [5.41, 5.74) is -3.32. The van der Waals surface area contributed by atoms with Gasteiger partial charge in [0.05, 0.1) is 6.42 Å². The summed E-state index contributed by atoms with van der Waals surface area (Å²) < 4.78 is 69.3. The van der Waals surface area contributed by atoms with Gasteiger partial charge in [0.2, 0.25) is 0 Å². The number of pyridine rings is 1. The number of hydrogen-bond acceptors (Lipinski definition) is 6. The summed E-state index contributed by atoms with van der Waals surface area (Å²) in [5, 5.41) is 0.470. The Bertz CT molecular complexity index is 1250. The van der Waals surface area contributed by atoms with Gasteiger partial charge in [-0.1, -0.05) is 41.9 Å². The lowest BCUT2D eigenvalue weighted by Gasteiger charge is -2.16. The van der Waals surface area contributed by atoms with E-state index in [0.29, 0.717) is 27.3 Å². The molecule has 1 unspecified atom stereocenters. The maximum Gasteiger partial charge on any atom is 0.534 e. The number of aromatic nitrogens is 1. The number of nitrogens with zero attached hydrogens (tertiary/aromatic N) is 1. The van der Waals surface area contributed by atoms with Gasteiger partial charge in [0.15, 0.2) is 0 Å². The molecule has 33 heavy (non-hydrogen) atoms. The molecule has 0 amide bonds. The smallest absolute Gasteiger partial charge is 0.457 e. The van der Waals surface area contributed by atoms with Gasteiger partial charge in [-0.2, -0.15) is 21.6 Å². The molecule has 0 aliphatic heterocycles. The summed E-state index contributed by atoms with van der Waals surface area (Å²) in [6.45, 7) is 1.69. The topological polar surface area (TPSA) is 82.6 Å². The molecule has 0 saturated heterocycles. The monoisotopic (exact) mass is 499 g/mol. The maximum absolute atomic E-state index is 12.5. The van der Waals surface area contributed by atoms with Crippen LogP contribution < -0.4 is 4.18 Å². The van der Waals surface area contributed by atoms with E-state index in [-0.39, 0.29) is 6.42 Å². The van der Waals surface area contributed by atoms with E-state index >= 15 is 0 Å². The van der Waals surface area contributed by atoms with E-state index in [1.807, 2.05) is 0 Å². The molecule has 0 N–H and O–H groups in total. The molecule has 6 nitrogen and oxygen atoms in total. The first-order valence-corrected chi connectivity index (χ1v) is 11.2. The third-order valence-electron chi connectivity index (χ3n) is 4.55. The molecule has 1 aromatic heterocycles. The van der Waals surface area contributed by atoms with Crippen molar-refractivity contribution in [3.8, 4) is 16.9 Å². The van der Waals surface area contributed by atoms with Crippen LogP contribution in [0.1, 0.15) is 24.2 Å². The van der Waals surface area contributed by atoms with E-state index in [1.54, 1.807) is 37.3 Å². The second-order valence-corrected chi connectivity index (χ2v) is 8.82. The molecule has 0 fully saturated rings. The lowest BCUT2D eigenvalue weighted by Crippen LogP contribution is -2.28. The van der Waals surface area contributed by atoms with Crippen LogP contribution in [-0.2, 0) is 26.1 Å². The van der Waals surface area contributed by atoms with E-state index in [1.165, 1.54) is 24.5 Å². The zero-order valence-electron chi connectivity index (χ0n) is 17.0. The summed E-state index contributed by atoms with van der Waals surface area (Å²) in [5.74, 6) is -1.03. The Hall–Kier alpha value is -3.11. The number of carbonyl (C=O) groups excluding carboxylic acids is 1. The fraction of sp³-hybridized carbons (Fsp3) is 0.182. The van der Waals surface area contributed by atoms with Gasteiger partial charge < -0.3 is 8.92 Å². The highest BCUT2D eigenvalue weighted by Gasteiger charge is 2.48. The Morgan fingerprint density at radius 1 is 1.09 bits per heavy atom.